The maximum atomic E-state index is 13.5. The summed E-state index contributed by atoms with van der Waals surface area (Å²) in [6.45, 7) is 5.85. The SMILES string of the molecule is CC(C)C1=C(C(=O)S)C(c2ccc(F)cc2CN)=NC(C)N1N. The van der Waals surface area contributed by atoms with Crippen molar-refractivity contribution in [2.45, 2.75) is 33.5 Å². The summed E-state index contributed by atoms with van der Waals surface area (Å²) in [5, 5.41) is 1.05. The van der Waals surface area contributed by atoms with E-state index in [1.54, 1.807) is 6.07 Å². The number of aliphatic imine (C=N–C) groups is 1. The topological polar surface area (TPSA) is 84.7 Å². The Hall–Kier alpha value is -1.70. The minimum absolute atomic E-state index is 0.000764. The van der Waals surface area contributed by atoms with Gasteiger partial charge < -0.3 is 5.73 Å². The molecule has 1 aromatic rings. The van der Waals surface area contributed by atoms with E-state index in [1.165, 1.54) is 17.1 Å². The lowest BCUT2D eigenvalue weighted by Crippen LogP contribution is -2.45. The molecule has 0 spiro atoms. The summed E-state index contributed by atoms with van der Waals surface area (Å²) >= 11 is 3.99. The zero-order valence-corrected chi connectivity index (χ0v) is 14.3. The van der Waals surface area contributed by atoms with Crippen LogP contribution in [-0.2, 0) is 11.3 Å². The smallest absolute Gasteiger partial charge is 0.220 e. The molecule has 23 heavy (non-hydrogen) atoms. The van der Waals surface area contributed by atoms with Crippen LogP contribution in [0.3, 0.4) is 0 Å². The lowest BCUT2D eigenvalue weighted by atomic mass is 9.91. The van der Waals surface area contributed by atoms with Crippen LogP contribution in [0.1, 0.15) is 31.9 Å². The lowest BCUT2D eigenvalue weighted by Gasteiger charge is -2.35. The first-order chi connectivity index (χ1) is 10.8. The van der Waals surface area contributed by atoms with E-state index in [-0.39, 0.29) is 24.4 Å². The summed E-state index contributed by atoms with van der Waals surface area (Å²) in [5.74, 6) is 5.70. The predicted molar refractivity (Wildman–Crippen MR) is 92.2 cm³/mol. The van der Waals surface area contributed by atoms with Crippen molar-refractivity contribution in [1.82, 2.24) is 5.01 Å². The van der Waals surface area contributed by atoms with Gasteiger partial charge in [-0.3, -0.25) is 14.8 Å². The second-order valence-electron chi connectivity index (χ2n) is 5.74. The van der Waals surface area contributed by atoms with Gasteiger partial charge in [0, 0.05) is 17.8 Å². The highest BCUT2D eigenvalue weighted by atomic mass is 32.1. The molecule has 7 heteroatoms. The van der Waals surface area contributed by atoms with Crippen LogP contribution in [0, 0.1) is 11.7 Å². The Morgan fingerprint density at radius 2 is 2.13 bits per heavy atom. The number of carbonyl (C=O) groups is 1. The van der Waals surface area contributed by atoms with E-state index in [9.17, 15) is 9.18 Å². The van der Waals surface area contributed by atoms with Gasteiger partial charge in [-0.2, -0.15) is 0 Å². The van der Waals surface area contributed by atoms with Crippen LogP contribution in [0.2, 0.25) is 0 Å². The molecule has 1 atom stereocenters. The molecule has 0 saturated heterocycles. The molecule has 0 amide bonds. The van der Waals surface area contributed by atoms with Gasteiger partial charge in [0.25, 0.3) is 0 Å². The zero-order valence-electron chi connectivity index (χ0n) is 13.4. The third-order valence-corrected chi connectivity index (χ3v) is 4.02. The zero-order chi connectivity index (χ0) is 17.3. The molecule has 124 valence electrons. The van der Waals surface area contributed by atoms with Crippen molar-refractivity contribution < 1.29 is 9.18 Å². The molecule has 1 aliphatic heterocycles. The molecule has 0 radical (unpaired) electrons. The van der Waals surface area contributed by atoms with Gasteiger partial charge in [-0.05, 0) is 36.6 Å². The number of hydrogen-bond donors (Lipinski definition) is 3. The Morgan fingerprint density at radius 1 is 1.48 bits per heavy atom. The maximum Gasteiger partial charge on any atom is 0.220 e. The second-order valence-corrected chi connectivity index (χ2v) is 6.15. The molecule has 0 bridgehead atoms. The molecule has 1 aromatic carbocycles. The molecule has 4 N–H and O–H groups in total. The highest BCUT2D eigenvalue weighted by Gasteiger charge is 2.32. The minimum atomic E-state index is -0.429. The van der Waals surface area contributed by atoms with Crippen molar-refractivity contribution in [3.05, 3.63) is 46.4 Å². The van der Waals surface area contributed by atoms with Crippen LogP contribution in [-0.4, -0.2) is 22.0 Å². The monoisotopic (exact) mass is 336 g/mol. The van der Waals surface area contributed by atoms with E-state index in [1.807, 2.05) is 20.8 Å². The first-order valence-corrected chi connectivity index (χ1v) is 7.81. The Labute approximate surface area is 140 Å². The van der Waals surface area contributed by atoms with E-state index in [2.05, 4.69) is 17.6 Å². The molecule has 1 aliphatic rings. The molecule has 1 heterocycles. The number of benzene rings is 1. The molecule has 0 aromatic heterocycles. The summed E-state index contributed by atoms with van der Waals surface area (Å²) in [5.41, 5.74) is 8.40. The molecule has 0 fully saturated rings. The van der Waals surface area contributed by atoms with Gasteiger partial charge in [-0.25, -0.2) is 10.2 Å². The lowest BCUT2D eigenvalue weighted by molar-refractivity contribution is -0.107. The van der Waals surface area contributed by atoms with Crippen molar-refractivity contribution in [3.63, 3.8) is 0 Å². The van der Waals surface area contributed by atoms with Crippen molar-refractivity contribution in [3.8, 4) is 0 Å². The van der Waals surface area contributed by atoms with Crippen LogP contribution in [0.4, 0.5) is 4.39 Å². The van der Waals surface area contributed by atoms with Gasteiger partial charge in [-0.1, -0.05) is 13.8 Å². The number of allylic oxidation sites excluding steroid dienone is 1. The quantitative estimate of drug-likeness (QED) is 0.580. The van der Waals surface area contributed by atoms with Crippen molar-refractivity contribution in [2.24, 2.45) is 22.5 Å². The number of nitrogens with zero attached hydrogens (tertiary/aromatic N) is 2. The van der Waals surface area contributed by atoms with Crippen molar-refractivity contribution in [1.29, 1.82) is 0 Å². The Bertz CT molecular complexity index is 699. The number of nitrogens with two attached hydrogens (primary N) is 2. The number of hydrogen-bond acceptors (Lipinski definition) is 5. The summed E-state index contributed by atoms with van der Waals surface area (Å²) in [6.07, 6.45) is -0.352. The van der Waals surface area contributed by atoms with Gasteiger partial charge in [0.1, 0.15) is 12.0 Å². The van der Waals surface area contributed by atoms with Crippen molar-refractivity contribution >= 4 is 23.5 Å². The summed E-state index contributed by atoms with van der Waals surface area (Å²) in [4.78, 5) is 16.7. The van der Waals surface area contributed by atoms with Crippen LogP contribution >= 0.6 is 12.6 Å². The van der Waals surface area contributed by atoms with E-state index < -0.39 is 5.12 Å². The number of halogens is 1. The maximum absolute atomic E-state index is 13.5. The van der Waals surface area contributed by atoms with E-state index in [4.69, 9.17) is 11.6 Å². The first-order valence-electron chi connectivity index (χ1n) is 7.36. The third-order valence-electron chi connectivity index (χ3n) is 3.79. The highest BCUT2D eigenvalue weighted by molar-refractivity contribution is 7.97. The average molecular weight is 336 g/mol. The number of hydrazine groups is 1. The predicted octanol–water partition coefficient (Wildman–Crippen LogP) is 1.98. The number of thiol groups is 1. The molecule has 0 aliphatic carbocycles. The van der Waals surface area contributed by atoms with Crippen LogP contribution < -0.4 is 11.6 Å². The van der Waals surface area contributed by atoms with Gasteiger partial charge in [0.15, 0.2) is 0 Å². The minimum Gasteiger partial charge on any atom is -0.326 e. The fourth-order valence-electron chi connectivity index (χ4n) is 2.73. The number of rotatable bonds is 4. The molecule has 1 unspecified atom stereocenters. The Balaban J connectivity index is 2.73. The normalized spacial score (nSPS) is 18.5. The second kappa shape index (κ2) is 6.82. The fraction of sp³-hybridized carbons (Fsp3) is 0.375. The summed E-state index contributed by atoms with van der Waals surface area (Å²) in [6, 6.07) is 4.27. The van der Waals surface area contributed by atoms with Gasteiger partial charge in [0.2, 0.25) is 5.12 Å². The molecule has 2 rings (SSSR count). The first kappa shape index (κ1) is 17.7. The summed E-state index contributed by atoms with van der Waals surface area (Å²) in [7, 11) is 0. The van der Waals surface area contributed by atoms with E-state index in [0.717, 1.165) is 0 Å². The average Bonchev–Trinajstić information content (AvgIpc) is 2.48. The molecule has 0 saturated carbocycles. The Morgan fingerprint density at radius 3 is 2.65 bits per heavy atom. The van der Waals surface area contributed by atoms with E-state index in [0.29, 0.717) is 28.1 Å². The van der Waals surface area contributed by atoms with E-state index >= 15 is 0 Å². The largest absolute Gasteiger partial charge is 0.326 e. The fourth-order valence-corrected chi connectivity index (χ4v) is 2.95. The van der Waals surface area contributed by atoms with Gasteiger partial charge in [-0.15, -0.1) is 12.6 Å². The molecular weight excluding hydrogens is 315 g/mol. The Kier molecular flexibility index (Phi) is 5.23. The van der Waals surface area contributed by atoms with Gasteiger partial charge in [0.05, 0.1) is 11.3 Å². The summed E-state index contributed by atoms with van der Waals surface area (Å²) < 4.78 is 13.5. The standard InChI is InChI=1S/C16H21FN4OS/c1-8(2)15-13(16(22)23)14(20-9(3)21(15)19)12-5-4-11(17)6-10(12)7-18/h4-6,8-9H,7,18-19H2,1-3H3,(H,22,23). The highest BCUT2D eigenvalue weighted by Crippen LogP contribution is 2.30. The van der Waals surface area contributed by atoms with Crippen LogP contribution in [0.15, 0.2) is 34.5 Å². The molecular formula is C16H21FN4OS. The third kappa shape index (κ3) is 3.31. The van der Waals surface area contributed by atoms with Crippen LogP contribution in [0.5, 0.6) is 0 Å². The van der Waals surface area contributed by atoms with Crippen LogP contribution in [0.25, 0.3) is 0 Å². The van der Waals surface area contributed by atoms with Gasteiger partial charge >= 0.3 is 0 Å². The molecule has 5 nitrogen and oxygen atoms in total. The van der Waals surface area contributed by atoms with Crippen molar-refractivity contribution in [2.75, 3.05) is 0 Å². The number of carbonyl (C=O) groups excluding carboxylic acids is 1.